The predicted octanol–water partition coefficient (Wildman–Crippen LogP) is 1.83. The highest BCUT2D eigenvalue weighted by Crippen LogP contribution is 2.17. The van der Waals surface area contributed by atoms with Crippen molar-refractivity contribution in [2.24, 2.45) is 0 Å². The van der Waals surface area contributed by atoms with Gasteiger partial charge in [-0.1, -0.05) is 20.3 Å². The molecule has 1 aromatic rings. The van der Waals surface area contributed by atoms with E-state index in [2.05, 4.69) is 28.6 Å². The summed E-state index contributed by atoms with van der Waals surface area (Å²) in [5.41, 5.74) is 0. The first kappa shape index (κ1) is 11.2. The maximum absolute atomic E-state index is 5.03. The Kier molecular flexibility index (Phi) is 4.59. The molecule has 0 fully saturated rings. The largest absolute Gasteiger partial charge is 0.383 e. The van der Waals surface area contributed by atoms with Gasteiger partial charge in [-0.15, -0.1) is 10.2 Å². The number of hydrogen-bond donors (Lipinski definition) is 0. The number of rotatable bonds is 6. The van der Waals surface area contributed by atoms with Crippen LogP contribution < -0.4 is 0 Å². The van der Waals surface area contributed by atoms with Gasteiger partial charge in [0.05, 0.1) is 6.61 Å². The van der Waals surface area contributed by atoms with Crippen molar-refractivity contribution >= 4 is 0 Å². The smallest absolute Gasteiger partial charge is 0.135 e. The average molecular weight is 197 g/mol. The van der Waals surface area contributed by atoms with Gasteiger partial charge in [-0.05, 0) is 6.42 Å². The summed E-state index contributed by atoms with van der Waals surface area (Å²) in [6, 6.07) is 0. The highest BCUT2D eigenvalue weighted by atomic mass is 16.5. The lowest BCUT2D eigenvalue weighted by atomic mass is 10.1. The van der Waals surface area contributed by atoms with Crippen LogP contribution in [0.5, 0.6) is 0 Å². The zero-order valence-corrected chi connectivity index (χ0v) is 9.23. The number of nitrogens with zero attached hydrogens (tertiary/aromatic N) is 3. The molecule has 0 aliphatic heterocycles. The van der Waals surface area contributed by atoms with Crippen molar-refractivity contribution in [1.82, 2.24) is 14.8 Å². The lowest BCUT2D eigenvalue weighted by molar-refractivity contribution is 0.185. The fourth-order valence-electron chi connectivity index (χ4n) is 1.57. The molecule has 0 aromatic carbocycles. The molecule has 14 heavy (non-hydrogen) atoms. The van der Waals surface area contributed by atoms with E-state index >= 15 is 0 Å². The van der Waals surface area contributed by atoms with Gasteiger partial charge in [0.25, 0.3) is 0 Å². The van der Waals surface area contributed by atoms with E-state index in [1.807, 2.05) is 0 Å². The van der Waals surface area contributed by atoms with Crippen molar-refractivity contribution in [2.45, 2.75) is 39.2 Å². The molecule has 4 nitrogen and oxygen atoms in total. The lowest BCUT2D eigenvalue weighted by Gasteiger charge is -2.11. The summed E-state index contributed by atoms with van der Waals surface area (Å²) in [6.07, 6.45) is 4.12. The Bertz CT molecular complexity index is 260. The molecule has 0 saturated carbocycles. The predicted molar refractivity (Wildman–Crippen MR) is 55.2 cm³/mol. The summed E-state index contributed by atoms with van der Waals surface area (Å²) in [4.78, 5) is 0. The molecule has 0 bridgehead atoms. The van der Waals surface area contributed by atoms with Crippen LogP contribution in [0.3, 0.4) is 0 Å². The van der Waals surface area contributed by atoms with Crippen LogP contribution in [0.2, 0.25) is 0 Å². The van der Waals surface area contributed by atoms with E-state index < -0.39 is 0 Å². The molecule has 80 valence electrons. The third-order valence-corrected chi connectivity index (χ3v) is 2.34. The number of hydrogen-bond acceptors (Lipinski definition) is 3. The Balaban J connectivity index is 2.61. The molecule has 0 radical (unpaired) electrons. The Morgan fingerprint density at radius 3 is 3.00 bits per heavy atom. The molecule has 0 aliphatic carbocycles. The lowest BCUT2D eigenvalue weighted by Crippen LogP contribution is -2.10. The summed E-state index contributed by atoms with van der Waals surface area (Å²) in [6.45, 7) is 5.93. The second kappa shape index (κ2) is 5.75. The molecule has 0 N–H and O–H groups in total. The van der Waals surface area contributed by atoms with E-state index in [0.717, 1.165) is 18.8 Å². The Labute approximate surface area is 85.3 Å². The minimum atomic E-state index is 0.486. The van der Waals surface area contributed by atoms with Crippen molar-refractivity contribution in [2.75, 3.05) is 13.7 Å². The molecular weight excluding hydrogens is 178 g/mol. The summed E-state index contributed by atoms with van der Waals surface area (Å²) in [5, 5.41) is 8.08. The zero-order chi connectivity index (χ0) is 10.4. The summed E-state index contributed by atoms with van der Waals surface area (Å²) < 4.78 is 7.11. The fourth-order valence-corrected chi connectivity index (χ4v) is 1.57. The van der Waals surface area contributed by atoms with Gasteiger partial charge < -0.3 is 9.30 Å². The van der Waals surface area contributed by atoms with Gasteiger partial charge in [-0.25, -0.2) is 0 Å². The van der Waals surface area contributed by atoms with Crippen molar-refractivity contribution in [1.29, 1.82) is 0 Å². The monoisotopic (exact) mass is 197 g/mol. The first-order valence-electron chi connectivity index (χ1n) is 5.16. The summed E-state index contributed by atoms with van der Waals surface area (Å²) >= 11 is 0. The molecular formula is C10H19N3O. The normalized spacial score (nSPS) is 13.1. The molecule has 0 saturated heterocycles. The van der Waals surface area contributed by atoms with Crippen molar-refractivity contribution in [3.8, 4) is 0 Å². The molecule has 1 rings (SSSR count). The molecule has 0 amide bonds. The van der Waals surface area contributed by atoms with Crippen LogP contribution in [0.25, 0.3) is 0 Å². The van der Waals surface area contributed by atoms with Crippen molar-refractivity contribution in [3.05, 3.63) is 12.2 Å². The first-order chi connectivity index (χ1) is 6.79. The van der Waals surface area contributed by atoms with Crippen molar-refractivity contribution < 1.29 is 4.74 Å². The van der Waals surface area contributed by atoms with Gasteiger partial charge >= 0.3 is 0 Å². The zero-order valence-electron chi connectivity index (χ0n) is 9.23. The number of methoxy groups -OCH3 is 1. The molecule has 1 heterocycles. The molecule has 1 unspecified atom stereocenters. The van der Waals surface area contributed by atoms with Gasteiger partial charge in [0.2, 0.25) is 0 Å². The Hall–Kier alpha value is -0.900. The SMILES string of the molecule is CCCC(C)c1nncn1CCOC. The fraction of sp³-hybridized carbons (Fsp3) is 0.800. The van der Waals surface area contributed by atoms with Crippen LogP contribution in [0.15, 0.2) is 6.33 Å². The van der Waals surface area contributed by atoms with E-state index in [1.165, 1.54) is 6.42 Å². The number of ether oxygens (including phenoxy) is 1. The summed E-state index contributed by atoms with van der Waals surface area (Å²) in [7, 11) is 1.71. The second-order valence-electron chi connectivity index (χ2n) is 3.57. The third kappa shape index (κ3) is 2.80. The molecule has 4 heteroatoms. The van der Waals surface area contributed by atoms with Gasteiger partial charge in [-0.3, -0.25) is 0 Å². The topological polar surface area (TPSA) is 39.9 Å². The maximum atomic E-state index is 5.03. The van der Waals surface area contributed by atoms with E-state index in [1.54, 1.807) is 13.4 Å². The standard InChI is InChI=1S/C10H19N3O/c1-4-5-9(2)10-12-11-8-13(10)6-7-14-3/h8-9H,4-7H2,1-3H3. The van der Waals surface area contributed by atoms with Gasteiger partial charge in [0.1, 0.15) is 12.2 Å². The highest BCUT2D eigenvalue weighted by Gasteiger charge is 2.11. The van der Waals surface area contributed by atoms with E-state index in [4.69, 9.17) is 4.74 Å². The minimum Gasteiger partial charge on any atom is -0.383 e. The molecule has 0 spiro atoms. The van der Waals surface area contributed by atoms with Crippen molar-refractivity contribution in [3.63, 3.8) is 0 Å². The van der Waals surface area contributed by atoms with Gasteiger partial charge in [0.15, 0.2) is 0 Å². The molecule has 0 aliphatic rings. The van der Waals surface area contributed by atoms with E-state index in [0.29, 0.717) is 12.5 Å². The number of aromatic nitrogens is 3. The Morgan fingerprint density at radius 2 is 2.36 bits per heavy atom. The van der Waals surface area contributed by atoms with Gasteiger partial charge in [0, 0.05) is 19.6 Å². The van der Waals surface area contributed by atoms with E-state index in [9.17, 15) is 0 Å². The molecule has 1 aromatic heterocycles. The average Bonchev–Trinajstić information content (AvgIpc) is 2.63. The van der Waals surface area contributed by atoms with Crippen LogP contribution in [0.1, 0.15) is 38.4 Å². The first-order valence-corrected chi connectivity index (χ1v) is 5.16. The quantitative estimate of drug-likeness (QED) is 0.698. The minimum absolute atomic E-state index is 0.486. The third-order valence-electron chi connectivity index (χ3n) is 2.34. The van der Waals surface area contributed by atoms with Crippen LogP contribution in [-0.4, -0.2) is 28.5 Å². The molecule has 1 atom stereocenters. The van der Waals surface area contributed by atoms with Crippen LogP contribution in [0.4, 0.5) is 0 Å². The summed E-state index contributed by atoms with van der Waals surface area (Å²) in [5.74, 6) is 1.56. The Morgan fingerprint density at radius 1 is 1.57 bits per heavy atom. The van der Waals surface area contributed by atoms with E-state index in [-0.39, 0.29) is 0 Å². The van der Waals surface area contributed by atoms with Crippen LogP contribution in [0, 0.1) is 0 Å². The van der Waals surface area contributed by atoms with Gasteiger partial charge in [-0.2, -0.15) is 0 Å². The van der Waals surface area contributed by atoms with Crippen LogP contribution in [-0.2, 0) is 11.3 Å². The van der Waals surface area contributed by atoms with Crippen LogP contribution >= 0.6 is 0 Å². The second-order valence-corrected chi connectivity index (χ2v) is 3.57. The maximum Gasteiger partial charge on any atom is 0.135 e. The highest BCUT2D eigenvalue weighted by molar-refractivity contribution is 4.94.